The van der Waals surface area contributed by atoms with Crippen molar-refractivity contribution in [3.8, 4) is 22.9 Å². The Bertz CT molecular complexity index is 965. The van der Waals surface area contributed by atoms with Crippen LogP contribution in [0, 0.1) is 6.92 Å². The smallest absolute Gasteiger partial charge is 0.251 e. The third-order valence-corrected chi connectivity index (χ3v) is 4.58. The second-order valence-electron chi connectivity index (χ2n) is 6.29. The Kier molecular flexibility index (Phi) is 5.89. The van der Waals surface area contributed by atoms with E-state index in [9.17, 15) is 4.79 Å². The molecule has 3 aromatic rings. The SMILES string of the molecule is COc1cc(OC)c(OC)cc1CNC(=O)c1ccc(C)c(-n2cccc2)c1. The lowest BCUT2D eigenvalue weighted by atomic mass is 10.1. The summed E-state index contributed by atoms with van der Waals surface area (Å²) in [5, 5.41) is 2.95. The zero-order chi connectivity index (χ0) is 20.1. The first kappa shape index (κ1) is 19.4. The first-order chi connectivity index (χ1) is 13.6. The van der Waals surface area contributed by atoms with Crippen LogP contribution in [0.5, 0.6) is 17.2 Å². The molecular formula is C22H24N2O4. The van der Waals surface area contributed by atoms with Crippen molar-refractivity contribution in [2.24, 2.45) is 0 Å². The van der Waals surface area contributed by atoms with Gasteiger partial charge in [-0.2, -0.15) is 0 Å². The van der Waals surface area contributed by atoms with E-state index in [0.29, 0.717) is 29.4 Å². The van der Waals surface area contributed by atoms with E-state index in [-0.39, 0.29) is 5.91 Å². The Morgan fingerprint density at radius 2 is 1.57 bits per heavy atom. The Morgan fingerprint density at radius 3 is 2.21 bits per heavy atom. The van der Waals surface area contributed by atoms with Gasteiger partial charge in [0.2, 0.25) is 0 Å². The number of ether oxygens (including phenoxy) is 3. The van der Waals surface area contributed by atoms with Crippen molar-refractivity contribution < 1.29 is 19.0 Å². The van der Waals surface area contributed by atoms with E-state index >= 15 is 0 Å². The number of nitrogens with zero attached hydrogens (tertiary/aromatic N) is 1. The monoisotopic (exact) mass is 380 g/mol. The number of nitrogens with one attached hydrogen (secondary N) is 1. The molecule has 0 radical (unpaired) electrons. The van der Waals surface area contributed by atoms with Gasteiger partial charge in [0, 0.05) is 41.8 Å². The molecule has 0 saturated carbocycles. The minimum absolute atomic E-state index is 0.162. The van der Waals surface area contributed by atoms with Crippen LogP contribution in [0.3, 0.4) is 0 Å². The van der Waals surface area contributed by atoms with Crippen LogP contribution < -0.4 is 19.5 Å². The number of carbonyl (C=O) groups excluding carboxylic acids is 1. The normalized spacial score (nSPS) is 10.4. The van der Waals surface area contributed by atoms with Crippen LogP contribution in [0.1, 0.15) is 21.5 Å². The van der Waals surface area contributed by atoms with E-state index in [0.717, 1.165) is 16.8 Å². The lowest BCUT2D eigenvalue weighted by molar-refractivity contribution is 0.0950. The van der Waals surface area contributed by atoms with Gasteiger partial charge in [-0.1, -0.05) is 6.07 Å². The summed E-state index contributed by atoms with van der Waals surface area (Å²) in [6.45, 7) is 2.32. The molecule has 2 aromatic carbocycles. The third-order valence-electron chi connectivity index (χ3n) is 4.58. The molecule has 0 atom stereocenters. The van der Waals surface area contributed by atoms with E-state index in [4.69, 9.17) is 14.2 Å². The quantitative estimate of drug-likeness (QED) is 0.678. The molecule has 0 bridgehead atoms. The molecule has 0 saturated heterocycles. The molecule has 1 heterocycles. The summed E-state index contributed by atoms with van der Waals surface area (Å²) in [6, 6.07) is 13.1. The van der Waals surface area contributed by atoms with E-state index in [2.05, 4.69) is 5.32 Å². The predicted octanol–water partition coefficient (Wildman–Crippen LogP) is 3.74. The molecule has 0 aliphatic carbocycles. The van der Waals surface area contributed by atoms with Gasteiger partial charge in [0.25, 0.3) is 5.91 Å². The Labute approximate surface area is 164 Å². The van der Waals surface area contributed by atoms with Crippen molar-refractivity contribution in [2.75, 3.05) is 21.3 Å². The van der Waals surface area contributed by atoms with Crippen molar-refractivity contribution in [3.63, 3.8) is 0 Å². The maximum Gasteiger partial charge on any atom is 0.251 e. The molecule has 1 N–H and O–H groups in total. The zero-order valence-electron chi connectivity index (χ0n) is 16.5. The molecular weight excluding hydrogens is 356 g/mol. The topological polar surface area (TPSA) is 61.7 Å². The number of rotatable bonds is 7. The van der Waals surface area contributed by atoms with Gasteiger partial charge in [0.15, 0.2) is 11.5 Å². The molecule has 0 fully saturated rings. The molecule has 1 aromatic heterocycles. The molecule has 146 valence electrons. The summed E-state index contributed by atoms with van der Waals surface area (Å²) in [6.07, 6.45) is 3.91. The number of amides is 1. The minimum atomic E-state index is -0.162. The van der Waals surface area contributed by atoms with Gasteiger partial charge in [-0.05, 0) is 42.8 Å². The van der Waals surface area contributed by atoms with E-state index in [1.807, 2.05) is 54.2 Å². The number of aryl methyl sites for hydroxylation is 1. The van der Waals surface area contributed by atoms with Crippen LogP contribution >= 0.6 is 0 Å². The van der Waals surface area contributed by atoms with Gasteiger partial charge >= 0.3 is 0 Å². The predicted molar refractivity (Wildman–Crippen MR) is 108 cm³/mol. The highest BCUT2D eigenvalue weighted by Crippen LogP contribution is 2.34. The van der Waals surface area contributed by atoms with Crippen LogP contribution in [0.4, 0.5) is 0 Å². The van der Waals surface area contributed by atoms with Crippen LogP contribution in [-0.2, 0) is 6.54 Å². The van der Waals surface area contributed by atoms with E-state index in [1.165, 1.54) is 0 Å². The molecule has 6 heteroatoms. The largest absolute Gasteiger partial charge is 0.496 e. The van der Waals surface area contributed by atoms with Crippen LogP contribution in [0.15, 0.2) is 54.9 Å². The average molecular weight is 380 g/mol. The Balaban J connectivity index is 1.80. The first-order valence-corrected chi connectivity index (χ1v) is 8.88. The summed E-state index contributed by atoms with van der Waals surface area (Å²) in [5.74, 6) is 1.61. The zero-order valence-corrected chi connectivity index (χ0v) is 16.5. The van der Waals surface area contributed by atoms with Crippen molar-refractivity contribution >= 4 is 5.91 Å². The number of carbonyl (C=O) groups is 1. The fraction of sp³-hybridized carbons (Fsp3) is 0.227. The lowest BCUT2D eigenvalue weighted by Crippen LogP contribution is -2.23. The second kappa shape index (κ2) is 8.52. The molecule has 0 aliphatic rings. The van der Waals surface area contributed by atoms with E-state index < -0.39 is 0 Å². The number of benzene rings is 2. The second-order valence-corrected chi connectivity index (χ2v) is 6.29. The number of hydrogen-bond donors (Lipinski definition) is 1. The summed E-state index contributed by atoms with van der Waals surface area (Å²) in [4.78, 5) is 12.7. The van der Waals surface area contributed by atoms with Crippen molar-refractivity contribution in [3.05, 3.63) is 71.5 Å². The van der Waals surface area contributed by atoms with Gasteiger partial charge in [-0.25, -0.2) is 0 Å². The number of aromatic nitrogens is 1. The molecule has 1 amide bonds. The number of methoxy groups -OCH3 is 3. The fourth-order valence-corrected chi connectivity index (χ4v) is 3.03. The van der Waals surface area contributed by atoms with Crippen molar-refractivity contribution in [2.45, 2.75) is 13.5 Å². The summed E-state index contributed by atoms with van der Waals surface area (Å²) >= 11 is 0. The van der Waals surface area contributed by atoms with Crippen molar-refractivity contribution in [1.82, 2.24) is 9.88 Å². The van der Waals surface area contributed by atoms with Crippen LogP contribution in [0.25, 0.3) is 5.69 Å². The Morgan fingerprint density at radius 1 is 0.929 bits per heavy atom. The fourth-order valence-electron chi connectivity index (χ4n) is 3.03. The molecule has 3 rings (SSSR count). The molecule has 0 spiro atoms. The Hall–Kier alpha value is -3.41. The standard InChI is InChI=1S/C22H24N2O4/c1-15-7-8-16(11-18(15)24-9-5-6-10-24)22(25)23-14-17-12-20(27-3)21(28-4)13-19(17)26-2/h5-13H,14H2,1-4H3,(H,23,25). The highest BCUT2D eigenvalue weighted by atomic mass is 16.5. The molecule has 0 aliphatic heterocycles. The lowest BCUT2D eigenvalue weighted by Gasteiger charge is -2.15. The van der Waals surface area contributed by atoms with Gasteiger partial charge < -0.3 is 24.1 Å². The highest BCUT2D eigenvalue weighted by Gasteiger charge is 2.14. The summed E-state index contributed by atoms with van der Waals surface area (Å²) < 4.78 is 18.0. The van der Waals surface area contributed by atoms with Gasteiger partial charge in [-0.15, -0.1) is 0 Å². The molecule has 6 nitrogen and oxygen atoms in total. The minimum Gasteiger partial charge on any atom is -0.496 e. The summed E-state index contributed by atoms with van der Waals surface area (Å²) in [7, 11) is 4.72. The van der Waals surface area contributed by atoms with Crippen LogP contribution in [0.2, 0.25) is 0 Å². The van der Waals surface area contributed by atoms with E-state index in [1.54, 1.807) is 33.5 Å². The first-order valence-electron chi connectivity index (χ1n) is 8.88. The summed E-state index contributed by atoms with van der Waals surface area (Å²) in [5.41, 5.74) is 3.45. The van der Waals surface area contributed by atoms with Gasteiger partial charge in [0.05, 0.1) is 21.3 Å². The van der Waals surface area contributed by atoms with Gasteiger partial charge in [-0.3, -0.25) is 4.79 Å². The van der Waals surface area contributed by atoms with Crippen molar-refractivity contribution in [1.29, 1.82) is 0 Å². The van der Waals surface area contributed by atoms with Gasteiger partial charge in [0.1, 0.15) is 5.75 Å². The van der Waals surface area contributed by atoms with Crippen LogP contribution in [-0.4, -0.2) is 31.8 Å². The highest BCUT2D eigenvalue weighted by molar-refractivity contribution is 5.94. The maximum atomic E-state index is 12.7. The average Bonchev–Trinajstić information content (AvgIpc) is 3.26. The number of hydrogen-bond acceptors (Lipinski definition) is 4. The maximum absolute atomic E-state index is 12.7. The third kappa shape index (κ3) is 3.96. The molecule has 0 unspecified atom stereocenters. The molecule has 28 heavy (non-hydrogen) atoms.